The van der Waals surface area contributed by atoms with E-state index in [9.17, 15) is 0 Å². The summed E-state index contributed by atoms with van der Waals surface area (Å²) in [6, 6.07) is 31.2. The van der Waals surface area contributed by atoms with Crippen LogP contribution in [-0.2, 0) is 0 Å². The van der Waals surface area contributed by atoms with Crippen LogP contribution in [0.4, 0.5) is 0 Å². The second-order valence-corrected chi connectivity index (χ2v) is 6.43. The van der Waals surface area contributed by atoms with Crippen LogP contribution in [0.25, 0.3) is 39.0 Å². The zero-order chi connectivity index (χ0) is 18.1. The monoisotopic (exact) mass is 347 g/mol. The van der Waals surface area contributed by atoms with Gasteiger partial charge in [0.05, 0.1) is 11.2 Å². The number of para-hydroxylation sites is 2. The highest BCUT2D eigenvalue weighted by molar-refractivity contribution is 5.94. The smallest absolute Gasteiger partial charge is 0.101 e. The lowest BCUT2D eigenvalue weighted by Gasteiger charge is -2.04. The Hall–Kier alpha value is -3.72. The van der Waals surface area contributed by atoms with E-state index in [-0.39, 0.29) is 0 Å². The standard InChI is InChI=1S/C24H17N3/c1-2-9-21(10-3-1)27-23-12-5-4-11-22(23)24(26-27)20-8-6-7-19(17-20)18-13-15-25-16-14-18/h1-17H. The van der Waals surface area contributed by atoms with Gasteiger partial charge in [0.1, 0.15) is 5.69 Å². The normalized spacial score (nSPS) is 11.0. The molecule has 0 aliphatic heterocycles. The van der Waals surface area contributed by atoms with E-state index in [1.807, 2.05) is 47.4 Å². The van der Waals surface area contributed by atoms with Crippen molar-refractivity contribution in [1.82, 2.24) is 14.8 Å². The van der Waals surface area contributed by atoms with E-state index < -0.39 is 0 Å². The molecule has 2 heterocycles. The molecule has 0 aliphatic carbocycles. The van der Waals surface area contributed by atoms with Crippen LogP contribution in [0.1, 0.15) is 0 Å². The van der Waals surface area contributed by atoms with E-state index in [2.05, 4.69) is 65.6 Å². The van der Waals surface area contributed by atoms with E-state index >= 15 is 0 Å². The lowest BCUT2D eigenvalue weighted by atomic mass is 10.0. The Morgan fingerprint density at radius 2 is 1.33 bits per heavy atom. The van der Waals surface area contributed by atoms with Crippen molar-refractivity contribution in [2.45, 2.75) is 0 Å². The number of fused-ring (bicyclic) bond motifs is 1. The zero-order valence-electron chi connectivity index (χ0n) is 14.7. The van der Waals surface area contributed by atoms with Crippen molar-refractivity contribution in [3.63, 3.8) is 0 Å². The first-order valence-corrected chi connectivity index (χ1v) is 8.94. The Labute approximate surface area is 157 Å². The molecular formula is C24H17N3. The molecule has 0 saturated carbocycles. The number of pyridine rings is 1. The molecule has 0 saturated heterocycles. The molecule has 0 amide bonds. The van der Waals surface area contributed by atoms with Crippen molar-refractivity contribution in [3.05, 3.63) is 103 Å². The number of hydrogen-bond acceptors (Lipinski definition) is 2. The van der Waals surface area contributed by atoms with Crippen LogP contribution in [-0.4, -0.2) is 14.8 Å². The Morgan fingerprint density at radius 1 is 0.593 bits per heavy atom. The van der Waals surface area contributed by atoms with E-state index in [1.54, 1.807) is 0 Å². The van der Waals surface area contributed by atoms with Gasteiger partial charge in [-0.1, -0.05) is 54.6 Å². The number of benzene rings is 3. The van der Waals surface area contributed by atoms with Gasteiger partial charge in [-0.2, -0.15) is 5.10 Å². The second-order valence-electron chi connectivity index (χ2n) is 6.43. The third-order valence-corrected chi connectivity index (χ3v) is 4.74. The maximum atomic E-state index is 4.97. The quantitative estimate of drug-likeness (QED) is 0.416. The molecule has 3 heteroatoms. The maximum absolute atomic E-state index is 4.97. The molecule has 0 unspecified atom stereocenters. The topological polar surface area (TPSA) is 30.7 Å². The Morgan fingerprint density at radius 3 is 2.19 bits per heavy atom. The molecule has 3 aromatic carbocycles. The van der Waals surface area contributed by atoms with Crippen LogP contribution in [0.5, 0.6) is 0 Å². The minimum absolute atomic E-state index is 0.991. The fourth-order valence-electron chi connectivity index (χ4n) is 3.44. The van der Waals surface area contributed by atoms with E-state index in [1.165, 1.54) is 0 Å². The summed E-state index contributed by atoms with van der Waals surface area (Å²) in [5, 5.41) is 6.12. The van der Waals surface area contributed by atoms with Gasteiger partial charge in [0, 0.05) is 23.3 Å². The maximum Gasteiger partial charge on any atom is 0.101 e. The van der Waals surface area contributed by atoms with Gasteiger partial charge in [0.2, 0.25) is 0 Å². The highest BCUT2D eigenvalue weighted by atomic mass is 15.3. The molecule has 0 spiro atoms. The van der Waals surface area contributed by atoms with Crippen LogP contribution in [0, 0.1) is 0 Å². The van der Waals surface area contributed by atoms with Gasteiger partial charge in [0.25, 0.3) is 0 Å². The van der Waals surface area contributed by atoms with Gasteiger partial charge in [-0.3, -0.25) is 4.98 Å². The van der Waals surface area contributed by atoms with E-state index in [4.69, 9.17) is 5.10 Å². The fraction of sp³-hybridized carbons (Fsp3) is 0. The van der Waals surface area contributed by atoms with Crippen LogP contribution >= 0.6 is 0 Å². The van der Waals surface area contributed by atoms with Gasteiger partial charge < -0.3 is 0 Å². The summed E-state index contributed by atoms with van der Waals surface area (Å²) in [5.41, 5.74) is 6.57. The number of aromatic nitrogens is 3. The molecule has 128 valence electrons. The van der Waals surface area contributed by atoms with Crippen molar-refractivity contribution in [1.29, 1.82) is 0 Å². The summed E-state index contributed by atoms with van der Waals surface area (Å²) in [5.74, 6) is 0. The zero-order valence-corrected chi connectivity index (χ0v) is 14.7. The highest BCUT2D eigenvalue weighted by Gasteiger charge is 2.13. The molecule has 0 N–H and O–H groups in total. The average molecular weight is 347 g/mol. The molecular weight excluding hydrogens is 330 g/mol. The van der Waals surface area contributed by atoms with E-state index in [0.717, 1.165) is 39.0 Å². The number of hydrogen-bond donors (Lipinski definition) is 0. The van der Waals surface area contributed by atoms with Crippen molar-refractivity contribution >= 4 is 10.9 Å². The first kappa shape index (κ1) is 15.5. The summed E-state index contributed by atoms with van der Waals surface area (Å²) in [4.78, 5) is 4.11. The van der Waals surface area contributed by atoms with E-state index in [0.29, 0.717) is 0 Å². The van der Waals surface area contributed by atoms with Crippen LogP contribution in [0.3, 0.4) is 0 Å². The Bertz CT molecular complexity index is 1210. The molecule has 0 bridgehead atoms. The van der Waals surface area contributed by atoms with Crippen molar-refractivity contribution < 1.29 is 0 Å². The molecule has 0 aliphatic rings. The van der Waals surface area contributed by atoms with Crippen LogP contribution < -0.4 is 0 Å². The Kier molecular flexibility index (Phi) is 3.76. The SMILES string of the molecule is c1ccc(-n2nc(-c3cccc(-c4ccncc4)c3)c3ccccc32)cc1. The molecule has 5 aromatic rings. The van der Waals surface area contributed by atoms with Gasteiger partial charge in [-0.25, -0.2) is 4.68 Å². The molecule has 0 atom stereocenters. The van der Waals surface area contributed by atoms with Gasteiger partial charge in [0.15, 0.2) is 0 Å². The minimum Gasteiger partial charge on any atom is -0.265 e. The number of nitrogens with zero attached hydrogens (tertiary/aromatic N) is 3. The minimum atomic E-state index is 0.991. The van der Waals surface area contributed by atoms with Crippen molar-refractivity contribution in [3.8, 4) is 28.1 Å². The third-order valence-electron chi connectivity index (χ3n) is 4.74. The summed E-state index contributed by atoms with van der Waals surface area (Å²) in [6.45, 7) is 0. The van der Waals surface area contributed by atoms with Crippen LogP contribution in [0.15, 0.2) is 103 Å². The number of rotatable bonds is 3. The first-order valence-electron chi connectivity index (χ1n) is 8.94. The summed E-state index contributed by atoms with van der Waals surface area (Å²) < 4.78 is 2.02. The fourth-order valence-corrected chi connectivity index (χ4v) is 3.44. The van der Waals surface area contributed by atoms with Crippen molar-refractivity contribution in [2.24, 2.45) is 0 Å². The largest absolute Gasteiger partial charge is 0.265 e. The Balaban J connectivity index is 1.71. The van der Waals surface area contributed by atoms with Crippen molar-refractivity contribution in [2.75, 3.05) is 0 Å². The van der Waals surface area contributed by atoms with Gasteiger partial charge in [-0.15, -0.1) is 0 Å². The van der Waals surface area contributed by atoms with Gasteiger partial charge >= 0.3 is 0 Å². The summed E-state index contributed by atoms with van der Waals surface area (Å²) >= 11 is 0. The lowest BCUT2D eigenvalue weighted by molar-refractivity contribution is 0.915. The highest BCUT2D eigenvalue weighted by Crippen LogP contribution is 2.32. The van der Waals surface area contributed by atoms with Gasteiger partial charge in [-0.05, 0) is 47.5 Å². The molecule has 3 nitrogen and oxygen atoms in total. The molecule has 27 heavy (non-hydrogen) atoms. The predicted octanol–water partition coefficient (Wildman–Crippen LogP) is 5.75. The molecule has 0 radical (unpaired) electrons. The summed E-state index contributed by atoms with van der Waals surface area (Å²) in [6.07, 6.45) is 3.64. The molecule has 5 rings (SSSR count). The van der Waals surface area contributed by atoms with Crippen LogP contribution in [0.2, 0.25) is 0 Å². The average Bonchev–Trinajstić information content (AvgIpc) is 3.15. The first-order chi connectivity index (χ1) is 13.4. The summed E-state index contributed by atoms with van der Waals surface area (Å²) in [7, 11) is 0. The molecule has 0 fully saturated rings. The lowest BCUT2D eigenvalue weighted by Crippen LogP contribution is -1.95. The third kappa shape index (κ3) is 2.79. The molecule has 2 aromatic heterocycles. The second kappa shape index (κ2) is 6.54. The predicted molar refractivity (Wildman–Crippen MR) is 110 cm³/mol.